The molecule has 4 aromatic rings. The zero-order valence-corrected chi connectivity index (χ0v) is 22.9. The minimum Gasteiger partial charge on any atom is -0.494 e. The number of H-pyrrole nitrogens is 1. The number of carbonyl (C=O) groups is 1. The van der Waals surface area contributed by atoms with Crippen LogP contribution < -0.4 is 15.4 Å². The molecule has 0 saturated heterocycles. The zero-order chi connectivity index (χ0) is 27.3. The van der Waals surface area contributed by atoms with Crippen LogP contribution in [0.2, 0.25) is 0 Å². The molecular formula is C31H39N5O3. The van der Waals surface area contributed by atoms with Gasteiger partial charge in [-0.3, -0.25) is 4.79 Å². The number of nitrogens with zero attached hydrogens (tertiary/aromatic N) is 2. The van der Waals surface area contributed by atoms with E-state index in [1.54, 1.807) is 6.33 Å². The van der Waals surface area contributed by atoms with E-state index >= 15 is 0 Å². The Morgan fingerprint density at radius 1 is 0.949 bits per heavy atom. The summed E-state index contributed by atoms with van der Waals surface area (Å²) in [5, 5.41) is 7.94. The van der Waals surface area contributed by atoms with Crippen molar-refractivity contribution in [1.29, 1.82) is 0 Å². The third kappa shape index (κ3) is 8.55. The maximum atomic E-state index is 11.1. The molecule has 0 fully saturated rings. The highest BCUT2D eigenvalue weighted by atomic mass is 16.5. The fourth-order valence-corrected chi connectivity index (χ4v) is 4.46. The fraction of sp³-hybridized carbons (Fsp3) is 0.387. The average Bonchev–Trinajstić information content (AvgIpc) is 3.42. The van der Waals surface area contributed by atoms with Gasteiger partial charge >= 0.3 is 5.97 Å². The Balaban J connectivity index is 1.19. The number of rotatable bonds is 16. The predicted molar refractivity (Wildman–Crippen MR) is 156 cm³/mol. The average molecular weight is 530 g/mol. The van der Waals surface area contributed by atoms with E-state index in [-0.39, 0.29) is 12.0 Å². The molecule has 0 spiro atoms. The quantitative estimate of drug-likeness (QED) is 0.116. The number of aromatic nitrogens is 3. The number of anilines is 1. The summed E-state index contributed by atoms with van der Waals surface area (Å²) in [5.74, 6) is 1.55. The van der Waals surface area contributed by atoms with E-state index in [9.17, 15) is 4.79 Å². The molecule has 1 atom stereocenters. The van der Waals surface area contributed by atoms with Crippen LogP contribution in [-0.2, 0) is 9.53 Å². The van der Waals surface area contributed by atoms with Crippen LogP contribution in [0.1, 0.15) is 57.1 Å². The molecule has 2 heterocycles. The first-order valence-electron chi connectivity index (χ1n) is 13.8. The van der Waals surface area contributed by atoms with Crippen LogP contribution in [0, 0.1) is 0 Å². The Bertz CT molecular complexity index is 1290. The van der Waals surface area contributed by atoms with Gasteiger partial charge < -0.3 is 25.1 Å². The van der Waals surface area contributed by atoms with Gasteiger partial charge in [0.05, 0.1) is 19.1 Å². The molecule has 0 saturated carbocycles. The SMILES string of the molecule is COC(=O)CCCCCCNCCCOc1ccc(-c2cc3c(N[C@H](C)c4ccccc4)ncnc3[nH]2)cc1. The number of fused-ring (bicyclic) bond motifs is 1. The monoisotopic (exact) mass is 529 g/mol. The maximum Gasteiger partial charge on any atom is 0.305 e. The van der Waals surface area contributed by atoms with E-state index in [2.05, 4.69) is 67.6 Å². The van der Waals surface area contributed by atoms with Gasteiger partial charge in [0.1, 0.15) is 23.5 Å². The van der Waals surface area contributed by atoms with Crippen LogP contribution in [0.25, 0.3) is 22.3 Å². The van der Waals surface area contributed by atoms with Gasteiger partial charge in [-0.05, 0) is 80.7 Å². The van der Waals surface area contributed by atoms with Gasteiger partial charge in [0.2, 0.25) is 0 Å². The normalized spacial score (nSPS) is 11.8. The highest BCUT2D eigenvalue weighted by Crippen LogP contribution is 2.29. The summed E-state index contributed by atoms with van der Waals surface area (Å²) >= 11 is 0. The molecule has 0 amide bonds. The first-order chi connectivity index (χ1) is 19.1. The third-order valence-corrected chi connectivity index (χ3v) is 6.72. The van der Waals surface area contributed by atoms with Crippen LogP contribution in [0.4, 0.5) is 5.82 Å². The Hall–Kier alpha value is -3.91. The number of esters is 1. The second-order valence-corrected chi connectivity index (χ2v) is 9.66. The van der Waals surface area contributed by atoms with Crippen LogP contribution in [0.5, 0.6) is 5.75 Å². The van der Waals surface area contributed by atoms with Gasteiger partial charge in [0, 0.05) is 18.2 Å². The van der Waals surface area contributed by atoms with Crippen molar-refractivity contribution < 1.29 is 14.3 Å². The summed E-state index contributed by atoms with van der Waals surface area (Å²) < 4.78 is 10.6. The lowest BCUT2D eigenvalue weighted by Gasteiger charge is -2.15. The van der Waals surface area contributed by atoms with Crippen LogP contribution >= 0.6 is 0 Å². The summed E-state index contributed by atoms with van der Waals surface area (Å²) in [6.45, 7) is 4.71. The number of unbranched alkanes of at least 4 members (excludes halogenated alkanes) is 3. The van der Waals surface area contributed by atoms with Gasteiger partial charge in [-0.25, -0.2) is 9.97 Å². The summed E-state index contributed by atoms with van der Waals surface area (Å²) in [6, 6.07) is 20.7. The second-order valence-electron chi connectivity index (χ2n) is 9.66. The zero-order valence-electron chi connectivity index (χ0n) is 22.9. The van der Waals surface area contributed by atoms with Crippen molar-refractivity contribution in [3.8, 4) is 17.0 Å². The third-order valence-electron chi connectivity index (χ3n) is 6.72. The predicted octanol–water partition coefficient (Wildman–Crippen LogP) is 6.28. The van der Waals surface area contributed by atoms with Crippen molar-refractivity contribution in [1.82, 2.24) is 20.3 Å². The number of benzene rings is 2. The van der Waals surface area contributed by atoms with Gasteiger partial charge in [-0.15, -0.1) is 0 Å². The number of ether oxygens (including phenoxy) is 2. The number of hydrogen-bond acceptors (Lipinski definition) is 7. The summed E-state index contributed by atoms with van der Waals surface area (Å²) in [7, 11) is 1.44. The standard InChI is InChI=1S/C31H39N5O3/c1-23(24-11-6-5-7-12-24)35-30-27-21-28(36-31(27)34-22-33-30)25-14-16-26(17-15-25)39-20-10-19-32-18-9-4-3-8-13-29(37)38-2/h5-7,11-12,14-17,21-23,32H,3-4,8-10,13,18-20H2,1-2H3,(H2,33,34,35,36)/t23-/m1/s1. The Labute approximate surface area is 230 Å². The largest absolute Gasteiger partial charge is 0.494 e. The van der Waals surface area contributed by atoms with E-state index in [4.69, 9.17) is 4.74 Å². The van der Waals surface area contributed by atoms with E-state index in [1.807, 2.05) is 30.3 Å². The highest BCUT2D eigenvalue weighted by molar-refractivity contribution is 5.91. The van der Waals surface area contributed by atoms with Crippen molar-refractivity contribution in [2.45, 2.75) is 51.5 Å². The molecule has 0 unspecified atom stereocenters. The Kier molecular flexibility index (Phi) is 10.7. The highest BCUT2D eigenvalue weighted by Gasteiger charge is 2.12. The molecule has 206 valence electrons. The summed E-state index contributed by atoms with van der Waals surface area (Å²) in [5.41, 5.74) is 4.06. The van der Waals surface area contributed by atoms with Gasteiger partial charge in [0.25, 0.3) is 0 Å². The number of nitrogens with one attached hydrogen (secondary N) is 3. The lowest BCUT2D eigenvalue weighted by Crippen LogP contribution is -2.18. The van der Waals surface area contributed by atoms with Crippen molar-refractivity contribution in [3.05, 3.63) is 72.6 Å². The molecule has 3 N–H and O–H groups in total. The molecule has 0 aliphatic rings. The molecule has 8 heteroatoms. The second kappa shape index (κ2) is 14.9. The van der Waals surface area contributed by atoms with Gasteiger partial charge in [-0.1, -0.05) is 43.2 Å². The van der Waals surface area contributed by atoms with Crippen LogP contribution in [0.15, 0.2) is 67.0 Å². The molecule has 2 aromatic heterocycles. The summed E-state index contributed by atoms with van der Waals surface area (Å²) in [4.78, 5) is 23.4. The van der Waals surface area contributed by atoms with Gasteiger partial charge in [0.15, 0.2) is 0 Å². The maximum absolute atomic E-state index is 11.1. The minimum atomic E-state index is -0.119. The van der Waals surface area contributed by atoms with Gasteiger partial charge in [-0.2, -0.15) is 0 Å². The molecule has 2 aromatic carbocycles. The molecule has 0 aliphatic heterocycles. The molecule has 0 bridgehead atoms. The van der Waals surface area contributed by atoms with E-state index in [0.717, 1.165) is 79.1 Å². The number of methoxy groups -OCH3 is 1. The topological polar surface area (TPSA) is 101 Å². The van der Waals surface area contributed by atoms with E-state index in [0.29, 0.717) is 13.0 Å². The molecule has 8 nitrogen and oxygen atoms in total. The lowest BCUT2D eigenvalue weighted by atomic mass is 10.1. The molecule has 4 rings (SSSR count). The summed E-state index contributed by atoms with van der Waals surface area (Å²) in [6.07, 6.45) is 7.26. The number of carbonyl (C=O) groups excluding carboxylic acids is 1. The first-order valence-corrected chi connectivity index (χ1v) is 13.8. The number of hydrogen-bond donors (Lipinski definition) is 3. The van der Waals surface area contributed by atoms with Crippen molar-refractivity contribution in [2.75, 3.05) is 32.1 Å². The smallest absolute Gasteiger partial charge is 0.305 e. The van der Waals surface area contributed by atoms with Crippen molar-refractivity contribution in [2.24, 2.45) is 0 Å². The minimum absolute atomic E-state index is 0.119. The molecular weight excluding hydrogens is 490 g/mol. The van der Waals surface area contributed by atoms with Crippen molar-refractivity contribution in [3.63, 3.8) is 0 Å². The van der Waals surface area contributed by atoms with E-state index < -0.39 is 0 Å². The molecule has 0 aliphatic carbocycles. The first kappa shape index (κ1) is 28.1. The molecule has 0 radical (unpaired) electrons. The lowest BCUT2D eigenvalue weighted by molar-refractivity contribution is -0.140. The number of aromatic amines is 1. The van der Waals surface area contributed by atoms with E-state index in [1.165, 1.54) is 12.7 Å². The Morgan fingerprint density at radius 2 is 1.72 bits per heavy atom. The molecule has 39 heavy (non-hydrogen) atoms. The fourth-order valence-electron chi connectivity index (χ4n) is 4.46. The van der Waals surface area contributed by atoms with Crippen LogP contribution in [0.3, 0.4) is 0 Å². The Morgan fingerprint density at radius 3 is 2.51 bits per heavy atom. The van der Waals surface area contributed by atoms with Crippen LogP contribution in [-0.4, -0.2) is 47.7 Å². The van der Waals surface area contributed by atoms with Crippen molar-refractivity contribution >= 4 is 22.8 Å².